The highest BCUT2D eigenvalue weighted by atomic mass is 32.2. The molecule has 0 radical (unpaired) electrons. The van der Waals surface area contributed by atoms with Gasteiger partial charge in [0.1, 0.15) is 17.8 Å². The van der Waals surface area contributed by atoms with Crippen molar-refractivity contribution in [2.75, 3.05) is 36.9 Å². The van der Waals surface area contributed by atoms with Gasteiger partial charge < -0.3 is 15.2 Å². The van der Waals surface area contributed by atoms with Crippen LogP contribution >= 0.6 is 0 Å². The zero-order valence-corrected chi connectivity index (χ0v) is 16.3. The Bertz CT molecular complexity index is 743. The highest BCUT2D eigenvalue weighted by Crippen LogP contribution is 2.41. The van der Waals surface area contributed by atoms with Gasteiger partial charge in [-0.25, -0.2) is 9.97 Å². The highest BCUT2D eigenvalue weighted by molar-refractivity contribution is 7.85. The molecule has 3 heterocycles. The number of nitrogen functional groups attached to an aromatic ring is 1. The zero-order valence-electron chi connectivity index (χ0n) is 15.4. The second-order valence-corrected chi connectivity index (χ2v) is 8.51. The number of rotatable bonds is 3. The van der Waals surface area contributed by atoms with E-state index >= 15 is 0 Å². The molecule has 138 valence electrons. The van der Waals surface area contributed by atoms with E-state index in [0.717, 1.165) is 53.7 Å². The standard InChI is InChI=1S/C16H23N5OS.C2H6/c1-11-8-21(16-14(11)15(17)18-10-19-16)13-6-12(7-13)9-20-2-4-23(22)5-3-20;1-2/h8,10,12-13H,2-7,9H2,1H3,(H2,17,18,19);1-2H3. The van der Waals surface area contributed by atoms with Crippen molar-refractivity contribution in [3.8, 4) is 0 Å². The minimum Gasteiger partial charge on any atom is -0.383 e. The van der Waals surface area contributed by atoms with Crippen LogP contribution in [0.2, 0.25) is 0 Å². The number of fused-ring (bicyclic) bond motifs is 1. The molecule has 4 rings (SSSR count). The van der Waals surface area contributed by atoms with Crippen LogP contribution in [0.15, 0.2) is 12.5 Å². The van der Waals surface area contributed by atoms with Crippen molar-refractivity contribution in [2.45, 2.75) is 39.7 Å². The topological polar surface area (TPSA) is 77.0 Å². The number of nitrogens with zero attached hydrogens (tertiary/aromatic N) is 4. The minimum absolute atomic E-state index is 0.518. The molecule has 0 amide bonds. The van der Waals surface area contributed by atoms with Gasteiger partial charge in [0, 0.05) is 54.2 Å². The smallest absolute Gasteiger partial charge is 0.145 e. The molecular formula is C18H29N5OS. The molecule has 2 N–H and O–H groups in total. The molecule has 2 aromatic rings. The van der Waals surface area contributed by atoms with E-state index in [1.165, 1.54) is 12.8 Å². The van der Waals surface area contributed by atoms with Gasteiger partial charge in [-0.2, -0.15) is 0 Å². The fourth-order valence-electron chi connectivity index (χ4n) is 3.88. The highest BCUT2D eigenvalue weighted by Gasteiger charge is 2.33. The van der Waals surface area contributed by atoms with Gasteiger partial charge in [-0.1, -0.05) is 13.8 Å². The first-order chi connectivity index (χ1) is 12.1. The summed E-state index contributed by atoms with van der Waals surface area (Å²) < 4.78 is 13.7. The lowest BCUT2D eigenvalue weighted by atomic mass is 9.79. The molecule has 1 aliphatic carbocycles. The molecular weight excluding hydrogens is 334 g/mol. The molecule has 1 saturated heterocycles. The molecule has 2 fully saturated rings. The third-order valence-electron chi connectivity index (χ3n) is 5.22. The van der Waals surface area contributed by atoms with Crippen molar-refractivity contribution in [2.24, 2.45) is 5.92 Å². The fourth-order valence-corrected chi connectivity index (χ4v) is 5.00. The molecule has 1 aliphatic heterocycles. The van der Waals surface area contributed by atoms with Crippen LogP contribution in [-0.2, 0) is 10.8 Å². The van der Waals surface area contributed by atoms with Crippen LogP contribution in [-0.4, -0.2) is 54.8 Å². The third kappa shape index (κ3) is 3.72. The van der Waals surface area contributed by atoms with E-state index in [1.807, 2.05) is 13.8 Å². The predicted octanol–water partition coefficient (Wildman–Crippen LogP) is 2.36. The van der Waals surface area contributed by atoms with E-state index in [4.69, 9.17) is 5.73 Å². The summed E-state index contributed by atoms with van der Waals surface area (Å²) in [5.74, 6) is 2.99. The molecule has 0 atom stereocenters. The Labute approximate surface area is 152 Å². The van der Waals surface area contributed by atoms with E-state index in [2.05, 4.69) is 32.6 Å². The van der Waals surface area contributed by atoms with Crippen LogP contribution in [0.4, 0.5) is 5.82 Å². The number of aryl methyl sites for hydroxylation is 1. The maximum absolute atomic E-state index is 11.4. The number of hydrogen-bond acceptors (Lipinski definition) is 5. The molecule has 6 nitrogen and oxygen atoms in total. The van der Waals surface area contributed by atoms with E-state index in [-0.39, 0.29) is 0 Å². The van der Waals surface area contributed by atoms with Crippen LogP contribution in [0, 0.1) is 12.8 Å². The average molecular weight is 364 g/mol. The van der Waals surface area contributed by atoms with Crippen LogP contribution in [0.25, 0.3) is 11.0 Å². The maximum atomic E-state index is 11.4. The van der Waals surface area contributed by atoms with Gasteiger partial charge in [0.15, 0.2) is 0 Å². The Morgan fingerprint density at radius 3 is 2.60 bits per heavy atom. The Morgan fingerprint density at radius 2 is 1.92 bits per heavy atom. The lowest BCUT2D eigenvalue weighted by molar-refractivity contribution is 0.137. The first-order valence-electron chi connectivity index (χ1n) is 9.26. The number of anilines is 1. The van der Waals surface area contributed by atoms with Crippen LogP contribution in [0.5, 0.6) is 0 Å². The second kappa shape index (κ2) is 7.83. The van der Waals surface area contributed by atoms with E-state index < -0.39 is 10.8 Å². The number of nitrogens with two attached hydrogens (primary N) is 1. The Hall–Kier alpha value is -1.47. The van der Waals surface area contributed by atoms with Crippen molar-refractivity contribution in [3.63, 3.8) is 0 Å². The minimum atomic E-state index is -0.583. The van der Waals surface area contributed by atoms with Crippen molar-refractivity contribution >= 4 is 27.7 Å². The predicted molar refractivity (Wildman–Crippen MR) is 104 cm³/mol. The van der Waals surface area contributed by atoms with Gasteiger partial charge in [0.2, 0.25) is 0 Å². The summed E-state index contributed by atoms with van der Waals surface area (Å²) in [6.45, 7) is 9.19. The summed E-state index contributed by atoms with van der Waals surface area (Å²) in [6, 6.07) is 0.518. The monoisotopic (exact) mass is 363 g/mol. The average Bonchev–Trinajstić information content (AvgIpc) is 2.92. The molecule has 0 spiro atoms. The van der Waals surface area contributed by atoms with Crippen molar-refractivity contribution in [1.29, 1.82) is 0 Å². The summed E-state index contributed by atoms with van der Waals surface area (Å²) >= 11 is 0. The normalized spacial score (nSPS) is 24.6. The van der Waals surface area contributed by atoms with Crippen LogP contribution in [0.3, 0.4) is 0 Å². The maximum Gasteiger partial charge on any atom is 0.145 e. The van der Waals surface area contributed by atoms with Gasteiger partial charge in [0.25, 0.3) is 0 Å². The molecule has 2 aromatic heterocycles. The molecule has 0 unspecified atom stereocenters. The first kappa shape index (κ1) is 18.3. The molecule has 7 heteroatoms. The largest absolute Gasteiger partial charge is 0.383 e. The third-order valence-corrected chi connectivity index (χ3v) is 6.50. The van der Waals surface area contributed by atoms with Gasteiger partial charge in [-0.3, -0.25) is 4.21 Å². The van der Waals surface area contributed by atoms with Crippen LogP contribution in [0.1, 0.15) is 38.3 Å². The van der Waals surface area contributed by atoms with Gasteiger partial charge in [0.05, 0.1) is 5.39 Å². The van der Waals surface area contributed by atoms with Crippen LogP contribution < -0.4 is 5.73 Å². The van der Waals surface area contributed by atoms with Crippen molar-refractivity contribution in [3.05, 3.63) is 18.1 Å². The van der Waals surface area contributed by atoms with Gasteiger partial charge >= 0.3 is 0 Å². The first-order valence-corrected chi connectivity index (χ1v) is 10.8. The van der Waals surface area contributed by atoms with Gasteiger partial charge in [-0.15, -0.1) is 0 Å². The SMILES string of the molecule is CC.Cc1cn(C2CC(CN3CCS(=O)CC3)C2)c2ncnc(N)c12. The molecule has 2 aliphatic rings. The Morgan fingerprint density at radius 1 is 1.24 bits per heavy atom. The fraction of sp³-hybridized carbons (Fsp3) is 0.667. The quantitative estimate of drug-likeness (QED) is 0.906. The molecule has 0 bridgehead atoms. The van der Waals surface area contributed by atoms with E-state index in [1.54, 1.807) is 6.33 Å². The van der Waals surface area contributed by atoms with Crippen molar-refractivity contribution in [1.82, 2.24) is 19.4 Å². The second-order valence-electron chi connectivity index (χ2n) is 6.82. The Balaban J connectivity index is 0.000000880. The van der Waals surface area contributed by atoms with E-state index in [9.17, 15) is 4.21 Å². The van der Waals surface area contributed by atoms with E-state index in [0.29, 0.717) is 11.9 Å². The molecule has 1 saturated carbocycles. The summed E-state index contributed by atoms with van der Waals surface area (Å²) in [6.07, 6.45) is 6.09. The van der Waals surface area contributed by atoms with Crippen molar-refractivity contribution < 1.29 is 4.21 Å². The lowest BCUT2D eigenvalue weighted by Crippen LogP contribution is -2.43. The lowest BCUT2D eigenvalue weighted by Gasteiger charge is -2.40. The summed E-state index contributed by atoms with van der Waals surface area (Å²) in [7, 11) is -0.583. The number of hydrogen-bond donors (Lipinski definition) is 1. The Kier molecular flexibility index (Phi) is 5.74. The summed E-state index contributed by atoms with van der Waals surface area (Å²) in [4.78, 5) is 11.0. The van der Waals surface area contributed by atoms with Gasteiger partial charge in [-0.05, 0) is 31.2 Å². The molecule has 0 aromatic carbocycles. The summed E-state index contributed by atoms with van der Waals surface area (Å²) in [5, 5.41) is 0.995. The zero-order chi connectivity index (χ0) is 18.0. The number of aromatic nitrogens is 3. The molecule has 25 heavy (non-hydrogen) atoms. The summed E-state index contributed by atoms with van der Waals surface area (Å²) in [5.41, 5.74) is 8.11.